The number of nitrogens with two attached hydrogens (primary N) is 1. The topological polar surface area (TPSA) is 38.5 Å². The highest BCUT2D eigenvalue weighted by atomic mass is 16.5. The minimum absolute atomic E-state index is 0.287. The van der Waals surface area contributed by atoms with E-state index in [2.05, 4.69) is 18.9 Å². The predicted octanol–water partition coefficient (Wildman–Crippen LogP) is 2.44. The molecular weight excluding hydrogens is 200 g/mol. The Labute approximate surface area is 98.2 Å². The van der Waals surface area contributed by atoms with E-state index in [1.807, 2.05) is 32.0 Å². The summed E-state index contributed by atoms with van der Waals surface area (Å²) < 4.78 is 5.53. The van der Waals surface area contributed by atoms with Gasteiger partial charge in [-0.05, 0) is 38.5 Å². The van der Waals surface area contributed by atoms with Crippen LogP contribution in [-0.2, 0) is 4.74 Å². The molecule has 3 nitrogen and oxygen atoms in total. The molecule has 0 saturated heterocycles. The Hall–Kier alpha value is -1.22. The van der Waals surface area contributed by atoms with Crippen LogP contribution in [0.25, 0.3) is 0 Å². The Balaban J connectivity index is 2.58. The maximum atomic E-state index is 5.78. The van der Waals surface area contributed by atoms with Crippen molar-refractivity contribution in [3.05, 3.63) is 23.8 Å². The van der Waals surface area contributed by atoms with Crippen LogP contribution in [0.3, 0.4) is 0 Å². The van der Waals surface area contributed by atoms with E-state index in [9.17, 15) is 0 Å². The first-order chi connectivity index (χ1) is 7.50. The normalized spacial score (nSPS) is 10.8. The average molecular weight is 222 g/mol. The third-order valence-corrected chi connectivity index (χ3v) is 2.52. The average Bonchev–Trinajstić information content (AvgIpc) is 2.21. The predicted molar refractivity (Wildman–Crippen MR) is 69.9 cm³/mol. The van der Waals surface area contributed by atoms with E-state index in [0.29, 0.717) is 0 Å². The number of hydrogen-bond donors (Lipinski definition) is 1. The highest BCUT2D eigenvalue weighted by Gasteiger charge is 2.05. The van der Waals surface area contributed by atoms with Gasteiger partial charge in [0.15, 0.2) is 0 Å². The molecule has 16 heavy (non-hydrogen) atoms. The number of hydrogen-bond acceptors (Lipinski definition) is 3. The molecule has 0 saturated carbocycles. The minimum Gasteiger partial charge on any atom is -0.399 e. The van der Waals surface area contributed by atoms with Crippen molar-refractivity contribution in [2.24, 2.45) is 0 Å². The molecule has 2 N–H and O–H groups in total. The van der Waals surface area contributed by atoms with Crippen molar-refractivity contribution in [2.75, 3.05) is 30.8 Å². The molecule has 0 fully saturated rings. The molecule has 0 aromatic heterocycles. The Morgan fingerprint density at radius 1 is 1.38 bits per heavy atom. The van der Waals surface area contributed by atoms with Gasteiger partial charge in [-0.2, -0.15) is 0 Å². The number of anilines is 2. The van der Waals surface area contributed by atoms with Gasteiger partial charge in [0.05, 0.1) is 12.7 Å². The third-order valence-electron chi connectivity index (χ3n) is 2.52. The lowest BCUT2D eigenvalue weighted by Crippen LogP contribution is -2.24. The van der Waals surface area contributed by atoms with Crippen LogP contribution in [0.5, 0.6) is 0 Å². The Bertz CT molecular complexity index is 337. The van der Waals surface area contributed by atoms with Gasteiger partial charge >= 0.3 is 0 Å². The monoisotopic (exact) mass is 222 g/mol. The van der Waals surface area contributed by atoms with Crippen LogP contribution in [0.2, 0.25) is 0 Å². The lowest BCUT2D eigenvalue weighted by Gasteiger charge is -2.22. The van der Waals surface area contributed by atoms with E-state index in [1.165, 1.54) is 11.3 Å². The van der Waals surface area contributed by atoms with Crippen LogP contribution in [0.15, 0.2) is 18.2 Å². The summed E-state index contributed by atoms with van der Waals surface area (Å²) in [6, 6.07) is 5.98. The molecule has 0 radical (unpaired) electrons. The zero-order valence-corrected chi connectivity index (χ0v) is 10.7. The second kappa shape index (κ2) is 5.75. The standard InChI is InChI=1S/C13H22N2O/c1-10(2)16-8-7-15(4)13-9-12(14)6-5-11(13)3/h5-6,9-10H,7-8,14H2,1-4H3. The molecule has 0 amide bonds. The molecule has 1 rings (SSSR count). The number of likely N-dealkylation sites (N-methyl/N-ethyl adjacent to an activating group) is 1. The lowest BCUT2D eigenvalue weighted by molar-refractivity contribution is 0.0846. The number of nitrogen functional groups attached to an aromatic ring is 1. The van der Waals surface area contributed by atoms with Crippen molar-refractivity contribution in [1.29, 1.82) is 0 Å². The number of benzene rings is 1. The molecule has 0 bridgehead atoms. The zero-order chi connectivity index (χ0) is 12.1. The van der Waals surface area contributed by atoms with Gasteiger partial charge in [0.25, 0.3) is 0 Å². The molecule has 1 aromatic rings. The van der Waals surface area contributed by atoms with Crippen LogP contribution >= 0.6 is 0 Å². The smallest absolute Gasteiger partial charge is 0.0644 e. The van der Waals surface area contributed by atoms with Crippen molar-refractivity contribution in [3.8, 4) is 0 Å². The molecule has 0 aliphatic rings. The van der Waals surface area contributed by atoms with Crippen molar-refractivity contribution in [1.82, 2.24) is 0 Å². The van der Waals surface area contributed by atoms with E-state index in [-0.39, 0.29) is 6.10 Å². The van der Waals surface area contributed by atoms with E-state index >= 15 is 0 Å². The molecule has 3 heteroatoms. The van der Waals surface area contributed by atoms with Crippen molar-refractivity contribution in [3.63, 3.8) is 0 Å². The van der Waals surface area contributed by atoms with Gasteiger partial charge in [-0.15, -0.1) is 0 Å². The quantitative estimate of drug-likeness (QED) is 0.778. The molecule has 1 aromatic carbocycles. The summed E-state index contributed by atoms with van der Waals surface area (Å²) in [6.07, 6.45) is 0.287. The summed E-state index contributed by atoms with van der Waals surface area (Å²) >= 11 is 0. The van der Waals surface area contributed by atoms with Gasteiger partial charge in [0.2, 0.25) is 0 Å². The SMILES string of the molecule is Cc1ccc(N)cc1N(C)CCOC(C)C. The lowest BCUT2D eigenvalue weighted by atomic mass is 10.1. The van der Waals surface area contributed by atoms with E-state index in [4.69, 9.17) is 10.5 Å². The second-order valence-corrected chi connectivity index (χ2v) is 4.39. The Kier molecular flexibility index (Phi) is 4.62. The van der Waals surface area contributed by atoms with Gasteiger partial charge in [-0.25, -0.2) is 0 Å². The van der Waals surface area contributed by atoms with Crippen LogP contribution in [0.1, 0.15) is 19.4 Å². The van der Waals surface area contributed by atoms with Gasteiger partial charge in [-0.3, -0.25) is 0 Å². The fraction of sp³-hybridized carbons (Fsp3) is 0.538. The minimum atomic E-state index is 0.287. The molecule has 0 atom stereocenters. The third kappa shape index (κ3) is 3.74. The van der Waals surface area contributed by atoms with Crippen LogP contribution in [0, 0.1) is 6.92 Å². The summed E-state index contributed by atoms with van der Waals surface area (Å²) in [4.78, 5) is 2.17. The summed E-state index contributed by atoms with van der Waals surface area (Å²) in [7, 11) is 2.06. The van der Waals surface area contributed by atoms with Gasteiger partial charge in [-0.1, -0.05) is 6.07 Å². The van der Waals surface area contributed by atoms with Gasteiger partial charge in [0.1, 0.15) is 0 Å². The molecular formula is C13H22N2O. The molecule has 0 unspecified atom stereocenters. The summed E-state index contributed by atoms with van der Waals surface area (Å²) in [5.74, 6) is 0. The molecule has 0 spiro atoms. The van der Waals surface area contributed by atoms with E-state index in [0.717, 1.165) is 18.8 Å². The second-order valence-electron chi connectivity index (χ2n) is 4.39. The number of ether oxygens (including phenoxy) is 1. The van der Waals surface area contributed by atoms with Crippen LogP contribution in [0.4, 0.5) is 11.4 Å². The first kappa shape index (κ1) is 12.8. The van der Waals surface area contributed by atoms with Gasteiger partial charge in [0, 0.05) is 25.0 Å². The maximum absolute atomic E-state index is 5.78. The van der Waals surface area contributed by atoms with Crippen molar-refractivity contribution >= 4 is 11.4 Å². The van der Waals surface area contributed by atoms with Gasteiger partial charge < -0.3 is 15.4 Å². The Morgan fingerprint density at radius 3 is 2.69 bits per heavy atom. The Morgan fingerprint density at radius 2 is 2.06 bits per heavy atom. The first-order valence-corrected chi connectivity index (χ1v) is 5.69. The highest BCUT2D eigenvalue weighted by Crippen LogP contribution is 2.21. The summed E-state index contributed by atoms with van der Waals surface area (Å²) in [5.41, 5.74) is 9.00. The zero-order valence-electron chi connectivity index (χ0n) is 10.7. The van der Waals surface area contributed by atoms with Crippen molar-refractivity contribution in [2.45, 2.75) is 26.9 Å². The number of nitrogens with zero attached hydrogens (tertiary/aromatic N) is 1. The van der Waals surface area contributed by atoms with Crippen LogP contribution < -0.4 is 10.6 Å². The maximum Gasteiger partial charge on any atom is 0.0644 e. The largest absolute Gasteiger partial charge is 0.399 e. The number of aryl methyl sites for hydroxylation is 1. The summed E-state index contributed by atoms with van der Waals surface area (Å²) in [5, 5.41) is 0. The van der Waals surface area contributed by atoms with E-state index < -0.39 is 0 Å². The highest BCUT2D eigenvalue weighted by molar-refractivity contribution is 5.60. The molecule has 0 aliphatic carbocycles. The fourth-order valence-electron chi connectivity index (χ4n) is 1.58. The fourth-order valence-corrected chi connectivity index (χ4v) is 1.58. The van der Waals surface area contributed by atoms with Crippen molar-refractivity contribution < 1.29 is 4.74 Å². The first-order valence-electron chi connectivity index (χ1n) is 5.69. The van der Waals surface area contributed by atoms with Crippen LogP contribution in [-0.4, -0.2) is 26.3 Å². The molecule has 0 heterocycles. The molecule has 90 valence electrons. The summed E-state index contributed by atoms with van der Waals surface area (Å²) in [6.45, 7) is 7.80. The van der Waals surface area contributed by atoms with E-state index in [1.54, 1.807) is 0 Å². The molecule has 0 aliphatic heterocycles. The number of rotatable bonds is 5.